The van der Waals surface area contributed by atoms with E-state index in [0.29, 0.717) is 11.7 Å². The van der Waals surface area contributed by atoms with Crippen molar-refractivity contribution in [3.05, 3.63) is 17.0 Å². The number of aliphatic hydroxyl groups is 1. The Hall–Kier alpha value is -0.870. The average molecular weight is 270 g/mol. The second-order valence-corrected chi connectivity index (χ2v) is 5.97. The Morgan fingerprint density at radius 2 is 2.17 bits per heavy atom. The predicted octanol–water partition coefficient (Wildman–Crippen LogP) is 2.60. The van der Waals surface area contributed by atoms with Crippen LogP contribution >= 0.6 is 11.6 Å². The van der Waals surface area contributed by atoms with Crippen LogP contribution in [0.4, 0.5) is 5.82 Å². The average Bonchev–Trinajstić information content (AvgIpc) is 2.26. The molecule has 1 saturated heterocycles. The van der Waals surface area contributed by atoms with Gasteiger partial charge in [0.15, 0.2) is 0 Å². The summed E-state index contributed by atoms with van der Waals surface area (Å²) in [6.45, 7) is 7.45. The van der Waals surface area contributed by atoms with E-state index in [-0.39, 0.29) is 5.92 Å². The number of halogens is 1. The third-order valence-electron chi connectivity index (χ3n) is 3.21. The summed E-state index contributed by atoms with van der Waals surface area (Å²) in [5.74, 6) is 1.81. The third-order valence-corrected chi connectivity index (χ3v) is 3.41. The van der Waals surface area contributed by atoms with E-state index >= 15 is 0 Å². The van der Waals surface area contributed by atoms with Gasteiger partial charge in [0, 0.05) is 25.1 Å². The number of aromatic nitrogens is 2. The maximum Gasteiger partial charge on any atom is 0.135 e. The number of nitrogens with zero attached hydrogens (tertiary/aromatic N) is 3. The molecule has 1 aliphatic rings. The molecule has 0 bridgehead atoms. The van der Waals surface area contributed by atoms with Crippen LogP contribution in [0.5, 0.6) is 0 Å². The molecule has 1 N–H and O–H groups in total. The fourth-order valence-corrected chi connectivity index (χ4v) is 2.44. The van der Waals surface area contributed by atoms with Crippen LogP contribution in [-0.4, -0.2) is 33.8 Å². The molecular formula is C13H20ClN3O. The molecule has 0 amide bonds. The van der Waals surface area contributed by atoms with Gasteiger partial charge in [-0.1, -0.05) is 25.4 Å². The molecule has 1 aromatic heterocycles. The Morgan fingerprint density at radius 1 is 1.44 bits per heavy atom. The fourth-order valence-electron chi connectivity index (χ4n) is 2.26. The van der Waals surface area contributed by atoms with Crippen LogP contribution < -0.4 is 4.90 Å². The number of piperidine rings is 1. The molecule has 5 heteroatoms. The Bertz CT molecular complexity index is 434. The lowest BCUT2D eigenvalue weighted by Gasteiger charge is -2.37. The van der Waals surface area contributed by atoms with Gasteiger partial charge in [-0.05, 0) is 19.8 Å². The molecule has 4 nitrogen and oxygen atoms in total. The highest BCUT2D eigenvalue weighted by Gasteiger charge is 2.29. The van der Waals surface area contributed by atoms with Crippen LogP contribution in [0.3, 0.4) is 0 Å². The number of anilines is 1. The lowest BCUT2D eigenvalue weighted by molar-refractivity contribution is 0.0447. The minimum absolute atomic E-state index is 0.243. The summed E-state index contributed by atoms with van der Waals surface area (Å²) in [6.07, 6.45) is 1.80. The molecule has 2 rings (SSSR count). The topological polar surface area (TPSA) is 49.2 Å². The zero-order valence-electron chi connectivity index (χ0n) is 11.1. The molecule has 1 aromatic rings. The summed E-state index contributed by atoms with van der Waals surface area (Å²) in [6, 6.07) is 1.77. The van der Waals surface area contributed by atoms with Gasteiger partial charge in [0.1, 0.15) is 16.8 Å². The standard InChI is InChI=1S/C13H20ClN3O/c1-9(2)12-15-10(14)7-11(16-12)17-6-4-5-13(3,18)8-17/h7,9,18H,4-6,8H2,1-3H3. The molecule has 1 unspecified atom stereocenters. The lowest BCUT2D eigenvalue weighted by atomic mass is 9.95. The Labute approximate surface area is 113 Å². The number of rotatable bonds is 2. The first kappa shape index (κ1) is 13.6. The van der Waals surface area contributed by atoms with Crippen LogP contribution in [0.25, 0.3) is 0 Å². The third kappa shape index (κ3) is 3.12. The first-order chi connectivity index (χ1) is 8.37. The highest BCUT2D eigenvalue weighted by molar-refractivity contribution is 6.29. The van der Waals surface area contributed by atoms with Crippen molar-refractivity contribution in [3.63, 3.8) is 0 Å². The van der Waals surface area contributed by atoms with E-state index in [0.717, 1.165) is 31.0 Å². The van der Waals surface area contributed by atoms with Gasteiger partial charge in [-0.15, -0.1) is 0 Å². The molecule has 1 aliphatic heterocycles. The normalized spacial score (nSPS) is 24.7. The smallest absolute Gasteiger partial charge is 0.135 e. The van der Waals surface area contributed by atoms with Crippen molar-refractivity contribution in [2.24, 2.45) is 0 Å². The molecule has 0 aliphatic carbocycles. The fraction of sp³-hybridized carbons (Fsp3) is 0.692. The second kappa shape index (κ2) is 5.02. The van der Waals surface area contributed by atoms with E-state index in [1.165, 1.54) is 0 Å². The second-order valence-electron chi connectivity index (χ2n) is 5.58. The molecule has 18 heavy (non-hydrogen) atoms. The number of hydrogen-bond donors (Lipinski definition) is 1. The van der Waals surface area contributed by atoms with E-state index < -0.39 is 5.60 Å². The van der Waals surface area contributed by atoms with Crippen molar-refractivity contribution in [1.29, 1.82) is 0 Å². The summed E-state index contributed by atoms with van der Waals surface area (Å²) >= 11 is 6.04. The number of hydrogen-bond acceptors (Lipinski definition) is 4. The molecule has 0 radical (unpaired) electrons. The van der Waals surface area contributed by atoms with Gasteiger partial charge in [0.25, 0.3) is 0 Å². The van der Waals surface area contributed by atoms with Gasteiger partial charge in [-0.2, -0.15) is 0 Å². The first-order valence-electron chi connectivity index (χ1n) is 6.39. The lowest BCUT2D eigenvalue weighted by Crippen LogP contribution is -2.46. The van der Waals surface area contributed by atoms with Gasteiger partial charge in [0.2, 0.25) is 0 Å². The summed E-state index contributed by atoms with van der Waals surface area (Å²) in [4.78, 5) is 10.9. The largest absolute Gasteiger partial charge is 0.388 e. The predicted molar refractivity (Wildman–Crippen MR) is 73.2 cm³/mol. The highest BCUT2D eigenvalue weighted by Crippen LogP contribution is 2.26. The highest BCUT2D eigenvalue weighted by atomic mass is 35.5. The van der Waals surface area contributed by atoms with Crippen molar-refractivity contribution in [1.82, 2.24) is 9.97 Å². The van der Waals surface area contributed by atoms with Crippen molar-refractivity contribution in [2.45, 2.75) is 45.1 Å². The molecule has 1 atom stereocenters. The van der Waals surface area contributed by atoms with Crippen LogP contribution in [0.15, 0.2) is 6.07 Å². The zero-order valence-corrected chi connectivity index (χ0v) is 11.9. The van der Waals surface area contributed by atoms with Gasteiger partial charge in [-0.25, -0.2) is 9.97 Å². The van der Waals surface area contributed by atoms with E-state index in [2.05, 4.69) is 14.9 Å². The minimum atomic E-state index is -0.645. The van der Waals surface area contributed by atoms with E-state index in [1.807, 2.05) is 20.8 Å². The quantitative estimate of drug-likeness (QED) is 0.839. The van der Waals surface area contributed by atoms with Crippen LogP contribution in [0.1, 0.15) is 45.4 Å². The minimum Gasteiger partial charge on any atom is -0.388 e. The number of β-amino-alcohol motifs (C(OH)–C–C–N with tert-alkyl or cyclic N) is 1. The van der Waals surface area contributed by atoms with Gasteiger partial charge in [0.05, 0.1) is 5.60 Å². The maximum absolute atomic E-state index is 10.1. The summed E-state index contributed by atoms with van der Waals surface area (Å²) in [5, 5.41) is 10.6. The monoisotopic (exact) mass is 269 g/mol. The summed E-state index contributed by atoms with van der Waals surface area (Å²) < 4.78 is 0. The van der Waals surface area contributed by atoms with E-state index in [1.54, 1.807) is 6.07 Å². The SMILES string of the molecule is CC(C)c1nc(Cl)cc(N2CCCC(C)(O)C2)n1. The maximum atomic E-state index is 10.1. The van der Waals surface area contributed by atoms with Crippen LogP contribution in [0.2, 0.25) is 5.15 Å². The Kier molecular flexibility index (Phi) is 3.78. The van der Waals surface area contributed by atoms with Crippen molar-refractivity contribution in [2.75, 3.05) is 18.0 Å². The van der Waals surface area contributed by atoms with Crippen molar-refractivity contribution in [3.8, 4) is 0 Å². The van der Waals surface area contributed by atoms with Crippen molar-refractivity contribution < 1.29 is 5.11 Å². The summed E-state index contributed by atoms with van der Waals surface area (Å²) in [7, 11) is 0. The van der Waals surface area contributed by atoms with Crippen LogP contribution in [-0.2, 0) is 0 Å². The molecule has 0 saturated carbocycles. The zero-order chi connectivity index (χ0) is 13.3. The molecule has 0 spiro atoms. The van der Waals surface area contributed by atoms with Gasteiger partial charge in [-0.3, -0.25) is 0 Å². The van der Waals surface area contributed by atoms with Gasteiger partial charge >= 0.3 is 0 Å². The van der Waals surface area contributed by atoms with E-state index in [9.17, 15) is 5.11 Å². The van der Waals surface area contributed by atoms with E-state index in [4.69, 9.17) is 11.6 Å². The molecule has 0 aromatic carbocycles. The Balaban J connectivity index is 2.27. The molecule has 2 heterocycles. The first-order valence-corrected chi connectivity index (χ1v) is 6.77. The van der Waals surface area contributed by atoms with Gasteiger partial charge < -0.3 is 10.0 Å². The molecule has 100 valence electrons. The summed E-state index contributed by atoms with van der Waals surface area (Å²) in [5.41, 5.74) is -0.645. The molecule has 1 fully saturated rings. The molecular weight excluding hydrogens is 250 g/mol. The Morgan fingerprint density at radius 3 is 2.78 bits per heavy atom. The van der Waals surface area contributed by atoms with Crippen molar-refractivity contribution >= 4 is 17.4 Å². The van der Waals surface area contributed by atoms with Crippen LogP contribution in [0, 0.1) is 0 Å².